The van der Waals surface area contributed by atoms with Crippen molar-refractivity contribution >= 4 is 5.91 Å². The molecule has 0 bridgehead atoms. The van der Waals surface area contributed by atoms with E-state index in [2.05, 4.69) is 10.4 Å². The number of rotatable bonds is 5. The fourth-order valence-electron chi connectivity index (χ4n) is 1.62. The molecule has 0 aliphatic rings. The van der Waals surface area contributed by atoms with Gasteiger partial charge in [-0.1, -0.05) is 6.92 Å². The van der Waals surface area contributed by atoms with Gasteiger partial charge in [0.15, 0.2) is 5.69 Å². The van der Waals surface area contributed by atoms with Crippen LogP contribution in [0.5, 0.6) is 0 Å². The average molecular weight is 276 g/mol. The minimum atomic E-state index is -0.311. The lowest BCUT2D eigenvalue weighted by atomic mass is 10.2. The summed E-state index contributed by atoms with van der Waals surface area (Å²) in [6.07, 6.45) is 1.66. The standard InChI is InChI=1S/C14H17FN4O/c1-10(8-16)9-17-14(20)13-6-7-19(18-13)12-4-2-11(15)3-5-12/h2-7,10H,8-9,16H2,1H3,(H,17,20). The summed E-state index contributed by atoms with van der Waals surface area (Å²) in [4.78, 5) is 11.9. The van der Waals surface area contributed by atoms with Gasteiger partial charge in [-0.3, -0.25) is 4.79 Å². The molecule has 1 heterocycles. The molecule has 1 aromatic carbocycles. The van der Waals surface area contributed by atoms with E-state index in [0.717, 1.165) is 0 Å². The van der Waals surface area contributed by atoms with Crippen molar-refractivity contribution in [2.75, 3.05) is 13.1 Å². The zero-order valence-corrected chi connectivity index (χ0v) is 11.2. The first kappa shape index (κ1) is 14.2. The zero-order chi connectivity index (χ0) is 14.5. The number of aromatic nitrogens is 2. The molecule has 0 radical (unpaired) electrons. The molecular weight excluding hydrogens is 259 g/mol. The smallest absolute Gasteiger partial charge is 0.271 e. The van der Waals surface area contributed by atoms with E-state index >= 15 is 0 Å². The maximum Gasteiger partial charge on any atom is 0.271 e. The van der Waals surface area contributed by atoms with Crippen molar-refractivity contribution in [3.05, 3.63) is 48.0 Å². The fraction of sp³-hybridized carbons (Fsp3) is 0.286. The number of hydrogen-bond acceptors (Lipinski definition) is 3. The summed E-state index contributed by atoms with van der Waals surface area (Å²) in [7, 11) is 0. The van der Waals surface area contributed by atoms with Gasteiger partial charge in [0, 0.05) is 12.7 Å². The lowest BCUT2D eigenvalue weighted by Gasteiger charge is -2.08. The van der Waals surface area contributed by atoms with Crippen molar-refractivity contribution in [1.82, 2.24) is 15.1 Å². The topological polar surface area (TPSA) is 72.9 Å². The maximum atomic E-state index is 12.8. The van der Waals surface area contributed by atoms with Crippen LogP contribution in [0.4, 0.5) is 4.39 Å². The summed E-state index contributed by atoms with van der Waals surface area (Å²) in [5, 5.41) is 6.93. The molecule has 0 aliphatic heterocycles. The van der Waals surface area contributed by atoms with Crippen molar-refractivity contribution in [2.24, 2.45) is 11.7 Å². The second-order valence-electron chi connectivity index (χ2n) is 4.67. The van der Waals surface area contributed by atoms with Gasteiger partial charge in [-0.2, -0.15) is 5.10 Å². The largest absolute Gasteiger partial charge is 0.350 e. The van der Waals surface area contributed by atoms with Gasteiger partial charge in [0.05, 0.1) is 5.69 Å². The Morgan fingerprint density at radius 2 is 2.10 bits per heavy atom. The highest BCUT2D eigenvalue weighted by molar-refractivity contribution is 5.92. The second kappa shape index (κ2) is 6.29. The molecule has 3 N–H and O–H groups in total. The number of amides is 1. The molecule has 0 aliphatic carbocycles. The molecule has 106 valence electrons. The predicted molar refractivity (Wildman–Crippen MR) is 74.1 cm³/mol. The normalized spacial score (nSPS) is 12.2. The van der Waals surface area contributed by atoms with Crippen molar-refractivity contribution in [3.8, 4) is 5.69 Å². The highest BCUT2D eigenvalue weighted by Crippen LogP contribution is 2.09. The quantitative estimate of drug-likeness (QED) is 0.865. The molecule has 2 rings (SSSR count). The van der Waals surface area contributed by atoms with Crippen molar-refractivity contribution in [2.45, 2.75) is 6.92 Å². The van der Waals surface area contributed by atoms with Crippen LogP contribution in [0.1, 0.15) is 17.4 Å². The van der Waals surface area contributed by atoms with Crippen LogP contribution in [0, 0.1) is 11.7 Å². The third-order valence-corrected chi connectivity index (χ3v) is 2.93. The van der Waals surface area contributed by atoms with Crippen LogP contribution in [0.25, 0.3) is 5.69 Å². The van der Waals surface area contributed by atoms with Crippen LogP contribution in [0.15, 0.2) is 36.5 Å². The molecule has 0 fully saturated rings. The van der Waals surface area contributed by atoms with Gasteiger partial charge in [0.1, 0.15) is 5.82 Å². The summed E-state index contributed by atoms with van der Waals surface area (Å²) in [5.41, 5.74) is 6.50. The minimum Gasteiger partial charge on any atom is -0.350 e. The molecule has 1 unspecified atom stereocenters. The van der Waals surface area contributed by atoms with Crippen LogP contribution in [0.2, 0.25) is 0 Å². The number of halogens is 1. The van der Waals surface area contributed by atoms with E-state index in [1.165, 1.54) is 16.8 Å². The van der Waals surface area contributed by atoms with Crippen molar-refractivity contribution < 1.29 is 9.18 Å². The molecule has 2 aromatic rings. The monoisotopic (exact) mass is 276 g/mol. The molecule has 0 saturated carbocycles. The zero-order valence-electron chi connectivity index (χ0n) is 11.2. The van der Waals surface area contributed by atoms with Crippen LogP contribution in [-0.2, 0) is 0 Å². The Labute approximate surface area is 116 Å². The van der Waals surface area contributed by atoms with Crippen LogP contribution in [-0.4, -0.2) is 28.8 Å². The van der Waals surface area contributed by atoms with Gasteiger partial charge in [0.25, 0.3) is 5.91 Å². The summed E-state index contributed by atoms with van der Waals surface area (Å²) < 4.78 is 14.4. The fourth-order valence-corrected chi connectivity index (χ4v) is 1.62. The average Bonchev–Trinajstić information content (AvgIpc) is 2.95. The number of hydrogen-bond donors (Lipinski definition) is 2. The first-order valence-electron chi connectivity index (χ1n) is 6.40. The van der Waals surface area contributed by atoms with Crippen molar-refractivity contribution in [1.29, 1.82) is 0 Å². The number of benzene rings is 1. The van der Waals surface area contributed by atoms with Gasteiger partial charge in [-0.05, 0) is 42.8 Å². The number of carbonyl (C=O) groups excluding carboxylic acids is 1. The first-order valence-corrected chi connectivity index (χ1v) is 6.40. The van der Waals surface area contributed by atoms with E-state index < -0.39 is 0 Å². The van der Waals surface area contributed by atoms with E-state index in [4.69, 9.17) is 5.73 Å². The molecule has 20 heavy (non-hydrogen) atoms. The molecule has 1 amide bonds. The van der Waals surface area contributed by atoms with E-state index in [1.807, 2.05) is 6.92 Å². The van der Waals surface area contributed by atoms with Gasteiger partial charge in [-0.25, -0.2) is 9.07 Å². The number of carbonyl (C=O) groups is 1. The molecule has 6 heteroatoms. The summed E-state index contributed by atoms with van der Waals surface area (Å²) >= 11 is 0. The van der Waals surface area contributed by atoms with Crippen LogP contribution in [0.3, 0.4) is 0 Å². The van der Waals surface area contributed by atoms with Gasteiger partial charge < -0.3 is 11.1 Å². The van der Waals surface area contributed by atoms with E-state index in [9.17, 15) is 9.18 Å². The first-order chi connectivity index (χ1) is 9.60. The van der Waals surface area contributed by atoms with Gasteiger partial charge in [0.2, 0.25) is 0 Å². The highest BCUT2D eigenvalue weighted by Gasteiger charge is 2.11. The summed E-state index contributed by atoms with van der Waals surface area (Å²) in [5.74, 6) is -0.334. The molecule has 1 atom stereocenters. The predicted octanol–water partition coefficient (Wildman–Crippen LogP) is 1.34. The number of nitrogens with zero attached hydrogens (tertiary/aromatic N) is 2. The molecule has 0 saturated heterocycles. The summed E-state index contributed by atoms with van der Waals surface area (Å²) in [6, 6.07) is 7.51. The van der Waals surface area contributed by atoms with E-state index in [-0.39, 0.29) is 17.6 Å². The Kier molecular flexibility index (Phi) is 4.47. The Morgan fingerprint density at radius 3 is 2.75 bits per heavy atom. The Morgan fingerprint density at radius 1 is 1.40 bits per heavy atom. The SMILES string of the molecule is CC(CN)CNC(=O)c1ccn(-c2ccc(F)cc2)n1. The Bertz CT molecular complexity index is 579. The third-order valence-electron chi connectivity index (χ3n) is 2.93. The van der Waals surface area contributed by atoms with E-state index in [0.29, 0.717) is 24.5 Å². The number of nitrogens with two attached hydrogens (primary N) is 1. The lowest BCUT2D eigenvalue weighted by molar-refractivity contribution is 0.0943. The molecule has 5 nitrogen and oxygen atoms in total. The molecule has 0 spiro atoms. The van der Waals surface area contributed by atoms with E-state index in [1.54, 1.807) is 24.4 Å². The van der Waals surface area contributed by atoms with Gasteiger partial charge >= 0.3 is 0 Å². The lowest BCUT2D eigenvalue weighted by Crippen LogP contribution is -2.31. The molecule has 1 aromatic heterocycles. The van der Waals surface area contributed by atoms with Crippen LogP contribution >= 0.6 is 0 Å². The maximum absolute atomic E-state index is 12.8. The van der Waals surface area contributed by atoms with Gasteiger partial charge in [-0.15, -0.1) is 0 Å². The third kappa shape index (κ3) is 3.42. The van der Waals surface area contributed by atoms with Crippen LogP contribution < -0.4 is 11.1 Å². The molecular formula is C14H17FN4O. The second-order valence-corrected chi connectivity index (χ2v) is 4.67. The number of nitrogens with one attached hydrogen (secondary N) is 1. The Hall–Kier alpha value is -2.21. The van der Waals surface area contributed by atoms with Crippen molar-refractivity contribution in [3.63, 3.8) is 0 Å². The summed E-state index contributed by atoms with van der Waals surface area (Å²) in [6.45, 7) is 2.99. The Balaban J connectivity index is 2.05. The highest BCUT2D eigenvalue weighted by atomic mass is 19.1. The minimum absolute atomic E-state index is 0.220.